The quantitative estimate of drug-likeness (QED) is 0.355. The zero-order valence-corrected chi connectivity index (χ0v) is 24.5. The zero-order chi connectivity index (χ0) is 30.9. The first-order chi connectivity index (χ1) is 19.5. The number of carbonyl (C=O) groups excluding carboxylic acids is 1. The van der Waals surface area contributed by atoms with E-state index in [1.807, 2.05) is 32.0 Å². The normalized spacial score (nSPS) is 20.6. The SMILES string of the molecule is Cc1ccc(C[C@@H]2CN(CCCN3CCOCC3(C)C)CCN2C(=O)c2cc(C(F)(F)F)cc(C(F)(F)F)c2)cc1C. The van der Waals surface area contributed by atoms with E-state index in [4.69, 9.17) is 4.74 Å². The Morgan fingerprint density at radius 2 is 1.57 bits per heavy atom. The van der Waals surface area contributed by atoms with Gasteiger partial charge >= 0.3 is 12.4 Å². The molecule has 0 spiro atoms. The van der Waals surface area contributed by atoms with Gasteiger partial charge in [-0.3, -0.25) is 14.6 Å². The minimum atomic E-state index is -5.02. The van der Waals surface area contributed by atoms with Gasteiger partial charge < -0.3 is 9.64 Å². The molecule has 0 radical (unpaired) electrons. The Balaban J connectivity index is 1.56. The Hall–Kier alpha value is -2.63. The minimum absolute atomic E-state index is 0.0526. The molecule has 2 fully saturated rings. The van der Waals surface area contributed by atoms with Gasteiger partial charge in [-0.15, -0.1) is 0 Å². The number of piperazine rings is 1. The maximum Gasteiger partial charge on any atom is 0.416 e. The molecule has 2 aromatic carbocycles. The van der Waals surface area contributed by atoms with Crippen molar-refractivity contribution in [2.45, 2.75) is 64.5 Å². The molecule has 0 saturated carbocycles. The van der Waals surface area contributed by atoms with Gasteiger partial charge in [0.05, 0.1) is 24.3 Å². The summed E-state index contributed by atoms with van der Waals surface area (Å²) >= 11 is 0. The number of nitrogens with zero attached hydrogens (tertiary/aromatic N) is 3. The molecule has 2 aliphatic rings. The van der Waals surface area contributed by atoms with Crippen LogP contribution in [0.3, 0.4) is 0 Å². The lowest BCUT2D eigenvalue weighted by Crippen LogP contribution is -2.57. The molecule has 1 amide bonds. The van der Waals surface area contributed by atoms with E-state index >= 15 is 0 Å². The fourth-order valence-electron chi connectivity index (χ4n) is 5.80. The Morgan fingerprint density at radius 1 is 0.905 bits per heavy atom. The molecule has 4 rings (SSSR count). The highest BCUT2D eigenvalue weighted by Gasteiger charge is 2.39. The highest BCUT2D eigenvalue weighted by atomic mass is 19.4. The first-order valence-electron chi connectivity index (χ1n) is 14.3. The van der Waals surface area contributed by atoms with Gasteiger partial charge in [-0.1, -0.05) is 18.2 Å². The molecule has 0 aromatic heterocycles. The summed E-state index contributed by atoms with van der Waals surface area (Å²) in [6.45, 7) is 13.2. The van der Waals surface area contributed by atoms with Crippen molar-refractivity contribution >= 4 is 5.91 Å². The van der Waals surface area contributed by atoms with E-state index in [2.05, 4.69) is 23.6 Å². The summed E-state index contributed by atoms with van der Waals surface area (Å²) in [4.78, 5) is 19.7. The van der Waals surface area contributed by atoms with Crippen LogP contribution < -0.4 is 0 Å². The van der Waals surface area contributed by atoms with E-state index in [9.17, 15) is 31.1 Å². The number of rotatable bonds is 7. The van der Waals surface area contributed by atoms with Gasteiger partial charge in [-0.05, 0) is 82.0 Å². The fourth-order valence-corrected chi connectivity index (χ4v) is 5.80. The number of benzene rings is 2. The van der Waals surface area contributed by atoms with E-state index < -0.39 is 41.0 Å². The first-order valence-corrected chi connectivity index (χ1v) is 14.3. The highest BCUT2D eigenvalue weighted by molar-refractivity contribution is 5.95. The highest BCUT2D eigenvalue weighted by Crippen LogP contribution is 2.37. The van der Waals surface area contributed by atoms with Crippen molar-refractivity contribution in [3.63, 3.8) is 0 Å². The standard InChI is InChI=1S/C31H39F6N3O2/c1-21-6-7-23(14-22(21)2)15-27-19-38(8-5-9-39-12-13-42-20-29(39,3)4)10-11-40(27)28(41)24-16-25(30(32,33)34)18-26(17-24)31(35,36)37/h6-7,14,16-18,27H,5,8-13,15,19-20H2,1-4H3/t27-/m1/s1. The van der Waals surface area contributed by atoms with Crippen LogP contribution in [0.4, 0.5) is 26.3 Å². The molecule has 11 heteroatoms. The Bertz CT molecular complexity index is 1230. The number of hydrogen-bond donors (Lipinski definition) is 0. The van der Waals surface area contributed by atoms with Crippen LogP contribution in [0, 0.1) is 13.8 Å². The summed E-state index contributed by atoms with van der Waals surface area (Å²) in [6.07, 6.45) is -8.73. The number of hydrogen-bond acceptors (Lipinski definition) is 4. The van der Waals surface area contributed by atoms with Gasteiger partial charge in [0.15, 0.2) is 0 Å². The average molecular weight is 600 g/mol. The monoisotopic (exact) mass is 599 g/mol. The predicted molar refractivity (Wildman–Crippen MR) is 148 cm³/mol. The van der Waals surface area contributed by atoms with Gasteiger partial charge in [-0.25, -0.2) is 0 Å². The van der Waals surface area contributed by atoms with Crippen LogP contribution in [-0.2, 0) is 23.5 Å². The summed E-state index contributed by atoms with van der Waals surface area (Å²) in [7, 11) is 0. The molecule has 2 aliphatic heterocycles. The number of amides is 1. The molecule has 0 bridgehead atoms. The smallest absolute Gasteiger partial charge is 0.378 e. The molecule has 42 heavy (non-hydrogen) atoms. The number of alkyl halides is 6. The predicted octanol–water partition coefficient (Wildman–Crippen LogP) is 6.21. The maximum absolute atomic E-state index is 13.6. The third-order valence-electron chi connectivity index (χ3n) is 8.42. The summed E-state index contributed by atoms with van der Waals surface area (Å²) in [5.74, 6) is -0.824. The van der Waals surface area contributed by atoms with Crippen LogP contribution in [-0.4, -0.2) is 84.7 Å². The van der Waals surface area contributed by atoms with Crippen molar-refractivity contribution in [3.8, 4) is 0 Å². The number of ether oxygens (including phenoxy) is 1. The van der Waals surface area contributed by atoms with Crippen molar-refractivity contribution in [1.82, 2.24) is 14.7 Å². The topological polar surface area (TPSA) is 36.0 Å². The van der Waals surface area contributed by atoms with Crippen LogP contribution in [0.15, 0.2) is 36.4 Å². The number of halogens is 6. The van der Waals surface area contributed by atoms with Gasteiger partial charge in [0.25, 0.3) is 5.91 Å². The van der Waals surface area contributed by atoms with Crippen molar-refractivity contribution in [2.75, 3.05) is 52.5 Å². The molecule has 232 valence electrons. The third-order valence-corrected chi connectivity index (χ3v) is 8.42. The van der Waals surface area contributed by atoms with Crippen molar-refractivity contribution < 1.29 is 35.9 Å². The van der Waals surface area contributed by atoms with Crippen molar-refractivity contribution in [1.29, 1.82) is 0 Å². The van der Waals surface area contributed by atoms with Gasteiger partial charge in [-0.2, -0.15) is 26.3 Å². The molecule has 5 nitrogen and oxygen atoms in total. The van der Waals surface area contributed by atoms with E-state index in [0.717, 1.165) is 42.7 Å². The van der Waals surface area contributed by atoms with Gasteiger partial charge in [0.2, 0.25) is 0 Å². The van der Waals surface area contributed by atoms with Crippen LogP contribution in [0.25, 0.3) is 0 Å². The lowest BCUT2D eigenvalue weighted by molar-refractivity contribution is -0.143. The molecule has 0 aliphatic carbocycles. The molecular formula is C31H39F6N3O2. The van der Waals surface area contributed by atoms with Crippen molar-refractivity contribution in [2.24, 2.45) is 0 Å². The zero-order valence-electron chi connectivity index (χ0n) is 24.5. The number of morpholine rings is 1. The van der Waals surface area contributed by atoms with Crippen LogP contribution >= 0.6 is 0 Å². The molecule has 2 saturated heterocycles. The summed E-state index contributed by atoms with van der Waals surface area (Å²) in [6, 6.07) is 6.64. The Morgan fingerprint density at radius 3 is 2.17 bits per heavy atom. The molecule has 1 atom stereocenters. The number of aryl methyl sites for hydroxylation is 2. The fraction of sp³-hybridized carbons (Fsp3) is 0.581. The van der Waals surface area contributed by atoms with Crippen molar-refractivity contribution in [3.05, 3.63) is 69.8 Å². The molecule has 2 aromatic rings. The van der Waals surface area contributed by atoms with Gasteiger partial charge in [0, 0.05) is 49.9 Å². The largest absolute Gasteiger partial charge is 0.416 e. The molecule has 0 N–H and O–H groups in total. The van der Waals surface area contributed by atoms with E-state index in [1.54, 1.807) is 0 Å². The second-order valence-corrected chi connectivity index (χ2v) is 12.1. The van der Waals surface area contributed by atoms with Crippen LogP contribution in [0.5, 0.6) is 0 Å². The summed E-state index contributed by atoms with van der Waals surface area (Å²) < 4.78 is 86.7. The summed E-state index contributed by atoms with van der Waals surface area (Å²) in [5.41, 5.74) is -0.518. The third kappa shape index (κ3) is 7.85. The Labute approximate surface area is 243 Å². The van der Waals surface area contributed by atoms with E-state index in [-0.39, 0.29) is 18.2 Å². The van der Waals surface area contributed by atoms with E-state index in [1.165, 1.54) is 4.90 Å². The minimum Gasteiger partial charge on any atom is -0.378 e. The van der Waals surface area contributed by atoms with Crippen LogP contribution in [0.1, 0.15) is 58.4 Å². The lowest BCUT2D eigenvalue weighted by Gasteiger charge is -2.44. The average Bonchev–Trinajstić information content (AvgIpc) is 2.90. The first kappa shape index (κ1) is 32.3. The molecule has 0 unspecified atom stereocenters. The Kier molecular flexibility index (Phi) is 9.64. The lowest BCUT2D eigenvalue weighted by atomic mass is 9.97. The van der Waals surface area contributed by atoms with Gasteiger partial charge in [0.1, 0.15) is 0 Å². The van der Waals surface area contributed by atoms with E-state index in [0.29, 0.717) is 44.9 Å². The number of carbonyl (C=O) groups is 1. The second-order valence-electron chi connectivity index (χ2n) is 12.1. The van der Waals surface area contributed by atoms with Crippen LogP contribution in [0.2, 0.25) is 0 Å². The molecule has 2 heterocycles. The molecular weight excluding hydrogens is 560 g/mol. The maximum atomic E-state index is 13.6. The summed E-state index contributed by atoms with van der Waals surface area (Å²) in [5, 5.41) is 0. The second kappa shape index (κ2) is 12.5.